The smallest absolute Gasteiger partial charge is 0.227 e. The van der Waals surface area contributed by atoms with Crippen molar-refractivity contribution in [3.63, 3.8) is 0 Å². The van der Waals surface area contributed by atoms with Gasteiger partial charge in [0.05, 0.1) is 5.02 Å². The Hall–Kier alpha value is -1.36. The van der Waals surface area contributed by atoms with Crippen LogP contribution in [-0.2, 0) is 17.9 Å². The number of halogens is 1. The van der Waals surface area contributed by atoms with Crippen LogP contribution in [0.3, 0.4) is 0 Å². The molecule has 0 spiro atoms. The maximum absolute atomic E-state index is 11.7. The van der Waals surface area contributed by atoms with Gasteiger partial charge in [0.25, 0.3) is 0 Å². The molecule has 0 bridgehead atoms. The van der Waals surface area contributed by atoms with Gasteiger partial charge in [-0.25, -0.2) is 0 Å². The van der Waals surface area contributed by atoms with Gasteiger partial charge in [0, 0.05) is 42.0 Å². The van der Waals surface area contributed by atoms with Crippen molar-refractivity contribution < 1.29 is 4.79 Å². The number of carbonyl (C=O) groups excluding carboxylic acids is 1. The van der Waals surface area contributed by atoms with E-state index in [1.165, 1.54) is 10.4 Å². The Kier molecular flexibility index (Phi) is 4.58. The lowest BCUT2D eigenvalue weighted by Crippen LogP contribution is -2.23. The standard InChI is InChI=1S/C16H17ClN2OS/c17-13-8-15(21-11-13)10-18-9-12-3-5-14(6-4-12)19-7-1-2-16(19)20/h3-6,8,11,18H,1-2,7,9-10H2. The molecular formula is C16H17ClN2OS. The number of thiophene rings is 1. The molecule has 110 valence electrons. The zero-order valence-corrected chi connectivity index (χ0v) is 13.2. The molecule has 3 rings (SSSR count). The van der Waals surface area contributed by atoms with E-state index in [1.54, 1.807) is 11.3 Å². The molecule has 0 atom stereocenters. The summed E-state index contributed by atoms with van der Waals surface area (Å²) in [4.78, 5) is 14.8. The monoisotopic (exact) mass is 320 g/mol. The van der Waals surface area contributed by atoms with Gasteiger partial charge in [0.2, 0.25) is 5.91 Å². The molecule has 1 amide bonds. The first-order chi connectivity index (χ1) is 10.2. The predicted octanol–water partition coefficient (Wildman–Crippen LogP) is 3.82. The fraction of sp³-hybridized carbons (Fsp3) is 0.312. The Morgan fingerprint density at radius 1 is 1.24 bits per heavy atom. The largest absolute Gasteiger partial charge is 0.312 e. The van der Waals surface area contributed by atoms with Crippen LogP contribution in [0.2, 0.25) is 5.02 Å². The summed E-state index contributed by atoms with van der Waals surface area (Å²) in [6.07, 6.45) is 1.64. The van der Waals surface area contributed by atoms with Crippen LogP contribution in [0.5, 0.6) is 0 Å². The second-order valence-electron chi connectivity index (χ2n) is 5.15. The normalized spacial score (nSPS) is 14.9. The summed E-state index contributed by atoms with van der Waals surface area (Å²) < 4.78 is 0. The van der Waals surface area contributed by atoms with E-state index in [2.05, 4.69) is 17.4 Å². The van der Waals surface area contributed by atoms with E-state index in [9.17, 15) is 4.79 Å². The molecule has 0 radical (unpaired) electrons. The molecular weight excluding hydrogens is 304 g/mol. The van der Waals surface area contributed by atoms with E-state index in [0.717, 1.165) is 36.8 Å². The van der Waals surface area contributed by atoms with E-state index in [4.69, 9.17) is 11.6 Å². The molecule has 1 saturated heterocycles. The Morgan fingerprint density at radius 3 is 2.67 bits per heavy atom. The van der Waals surface area contributed by atoms with Crippen molar-refractivity contribution in [2.75, 3.05) is 11.4 Å². The van der Waals surface area contributed by atoms with Crippen LogP contribution in [0.1, 0.15) is 23.3 Å². The van der Waals surface area contributed by atoms with Gasteiger partial charge in [-0.15, -0.1) is 11.3 Å². The Bertz CT molecular complexity index is 623. The Balaban J connectivity index is 1.53. The van der Waals surface area contributed by atoms with Gasteiger partial charge in [0.1, 0.15) is 0 Å². The second kappa shape index (κ2) is 6.60. The summed E-state index contributed by atoms with van der Waals surface area (Å²) in [5.41, 5.74) is 2.22. The maximum Gasteiger partial charge on any atom is 0.227 e. The first-order valence-corrected chi connectivity index (χ1v) is 8.31. The minimum atomic E-state index is 0.232. The molecule has 1 aliphatic heterocycles. The van der Waals surface area contributed by atoms with Crippen LogP contribution >= 0.6 is 22.9 Å². The molecule has 21 heavy (non-hydrogen) atoms. The third kappa shape index (κ3) is 3.64. The SMILES string of the molecule is O=C1CCCN1c1ccc(CNCc2cc(Cl)cs2)cc1. The van der Waals surface area contributed by atoms with E-state index >= 15 is 0 Å². The Labute approximate surface area is 133 Å². The van der Waals surface area contributed by atoms with Crippen molar-refractivity contribution in [3.8, 4) is 0 Å². The van der Waals surface area contributed by atoms with Crippen LogP contribution in [0, 0.1) is 0 Å². The zero-order valence-electron chi connectivity index (χ0n) is 11.6. The van der Waals surface area contributed by atoms with Crippen molar-refractivity contribution in [1.29, 1.82) is 0 Å². The van der Waals surface area contributed by atoms with E-state index in [1.807, 2.05) is 28.5 Å². The zero-order chi connectivity index (χ0) is 14.7. The summed E-state index contributed by atoms with van der Waals surface area (Å²) in [5, 5.41) is 6.15. The number of benzene rings is 1. The van der Waals surface area contributed by atoms with Crippen molar-refractivity contribution in [1.82, 2.24) is 5.32 Å². The highest BCUT2D eigenvalue weighted by atomic mass is 35.5. The van der Waals surface area contributed by atoms with Gasteiger partial charge >= 0.3 is 0 Å². The van der Waals surface area contributed by atoms with Crippen LogP contribution in [-0.4, -0.2) is 12.5 Å². The number of anilines is 1. The third-order valence-corrected chi connectivity index (χ3v) is 4.86. The number of amides is 1. The molecule has 2 aromatic rings. The molecule has 0 saturated carbocycles. The highest BCUT2D eigenvalue weighted by Crippen LogP contribution is 2.22. The lowest BCUT2D eigenvalue weighted by Gasteiger charge is -2.16. The highest BCUT2D eigenvalue weighted by molar-refractivity contribution is 7.10. The van der Waals surface area contributed by atoms with Crippen LogP contribution < -0.4 is 10.2 Å². The first-order valence-electron chi connectivity index (χ1n) is 7.05. The molecule has 1 aromatic carbocycles. The maximum atomic E-state index is 11.7. The van der Waals surface area contributed by atoms with Crippen molar-refractivity contribution in [2.24, 2.45) is 0 Å². The number of hydrogen-bond acceptors (Lipinski definition) is 3. The van der Waals surface area contributed by atoms with Gasteiger partial charge in [-0.1, -0.05) is 23.7 Å². The summed E-state index contributed by atoms with van der Waals surface area (Å²) >= 11 is 7.56. The van der Waals surface area contributed by atoms with Gasteiger partial charge in [-0.05, 0) is 30.2 Å². The topological polar surface area (TPSA) is 32.3 Å². The fourth-order valence-corrected chi connectivity index (χ4v) is 3.53. The molecule has 0 unspecified atom stereocenters. The lowest BCUT2D eigenvalue weighted by molar-refractivity contribution is -0.117. The molecule has 5 heteroatoms. The van der Waals surface area contributed by atoms with Crippen molar-refractivity contribution in [3.05, 3.63) is 51.2 Å². The molecule has 1 N–H and O–H groups in total. The molecule has 2 heterocycles. The van der Waals surface area contributed by atoms with E-state index in [0.29, 0.717) is 6.42 Å². The van der Waals surface area contributed by atoms with Crippen molar-refractivity contribution in [2.45, 2.75) is 25.9 Å². The summed E-state index contributed by atoms with van der Waals surface area (Å²) in [7, 11) is 0. The summed E-state index contributed by atoms with van der Waals surface area (Å²) in [5.74, 6) is 0.232. The lowest BCUT2D eigenvalue weighted by atomic mass is 10.2. The average molecular weight is 321 g/mol. The predicted molar refractivity (Wildman–Crippen MR) is 87.9 cm³/mol. The van der Waals surface area contributed by atoms with E-state index in [-0.39, 0.29) is 5.91 Å². The summed E-state index contributed by atoms with van der Waals surface area (Å²) in [6, 6.07) is 10.2. The van der Waals surface area contributed by atoms with Crippen LogP contribution in [0.25, 0.3) is 0 Å². The van der Waals surface area contributed by atoms with Gasteiger partial charge in [0.15, 0.2) is 0 Å². The average Bonchev–Trinajstić information content (AvgIpc) is 3.09. The number of rotatable bonds is 5. The van der Waals surface area contributed by atoms with Gasteiger partial charge in [-0.2, -0.15) is 0 Å². The number of nitrogens with one attached hydrogen (secondary N) is 1. The highest BCUT2D eigenvalue weighted by Gasteiger charge is 2.21. The second-order valence-corrected chi connectivity index (χ2v) is 6.58. The fourth-order valence-electron chi connectivity index (χ4n) is 2.49. The minimum absolute atomic E-state index is 0.232. The number of carbonyl (C=O) groups is 1. The van der Waals surface area contributed by atoms with Crippen molar-refractivity contribution >= 4 is 34.5 Å². The van der Waals surface area contributed by atoms with E-state index < -0.39 is 0 Å². The van der Waals surface area contributed by atoms with Gasteiger partial charge < -0.3 is 10.2 Å². The van der Waals surface area contributed by atoms with Crippen LogP contribution in [0.15, 0.2) is 35.7 Å². The third-order valence-electron chi connectivity index (χ3n) is 3.57. The molecule has 0 aliphatic carbocycles. The van der Waals surface area contributed by atoms with Crippen LogP contribution in [0.4, 0.5) is 5.69 Å². The molecule has 1 fully saturated rings. The quantitative estimate of drug-likeness (QED) is 0.908. The first kappa shape index (κ1) is 14.6. The van der Waals surface area contributed by atoms with Gasteiger partial charge in [-0.3, -0.25) is 4.79 Å². The molecule has 3 nitrogen and oxygen atoms in total. The summed E-state index contributed by atoms with van der Waals surface area (Å²) in [6.45, 7) is 2.48. The molecule has 1 aromatic heterocycles. The minimum Gasteiger partial charge on any atom is -0.312 e. The molecule has 1 aliphatic rings. The number of nitrogens with zero attached hydrogens (tertiary/aromatic N) is 1. The Morgan fingerprint density at radius 2 is 2.05 bits per heavy atom. The number of hydrogen-bond donors (Lipinski definition) is 1.